The van der Waals surface area contributed by atoms with Crippen molar-refractivity contribution in [2.24, 2.45) is 0 Å². The number of rotatable bonds is 10. The summed E-state index contributed by atoms with van der Waals surface area (Å²) in [5, 5.41) is 11.1. The van der Waals surface area contributed by atoms with Gasteiger partial charge in [0.1, 0.15) is 10.6 Å². The monoisotopic (exact) mass is 538 g/mol. The fourth-order valence-corrected chi connectivity index (χ4v) is 4.28. The average molecular weight is 539 g/mol. The number of alkyl halides is 3. The molecular formula is C24H21F3N2O7S. The summed E-state index contributed by atoms with van der Waals surface area (Å²) in [6.45, 7) is 0.234. The van der Waals surface area contributed by atoms with E-state index in [1.165, 1.54) is 48.4 Å². The Kier molecular flexibility index (Phi) is 8.50. The van der Waals surface area contributed by atoms with Gasteiger partial charge in [0.25, 0.3) is 11.6 Å². The van der Waals surface area contributed by atoms with Crippen LogP contribution in [0.3, 0.4) is 0 Å². The number of ether oxygens (including phenoxy) is 1. The summed E-state index contributed by atoms with van der Waals surface area (Å²) in [5.74, 6) is -0.701. The first-order chi connectivity index (χ1) is 17.4. The van der Waals surface area contributed by atoms with Crippen LogP contribution in [0.15, 0.2) is 77.7 Å². The van der Waals surface area contributed by atoms with Gasteiger partial charge in [0.2, 0.25) is 0 Å². The van der Waals surface area contributed by atoms with E-state index < -0.39 is 37.6 Å². The van der Waals surface area contributed by atoms with Crippen molar-refractivity contribution < 1.29 is 40.2 Å². The molecule has 3 rings (SSSR count). The van der Waals surface area contributed by atoms with Crippen molar-refractivity contribution in [1.29, 1.82) is 0 Å². The molecular weight excluding hydrogens is 517 g/mol. The molecule has 0 atom stereocenters. The van der Waals surface area contributed by atoms with E-state index in [1.54, 1.807) is 6.07 Å². The van der Waals surface area contributed by atoms with Gasteiger partial charge >= 0.3 is 16.3 Å². The number of hydrogen-bond donors (Lipinski definition) is 0. The highest BCUT2D eigenvalue weighted by molar-refractivity contribution is 7.87. The normalized spacial score (nSPS) is 11.7. The van der Waals surface area contributed by atoms with E-state index in [4.69, 9.17) is 8.92 Å². The number of non-ortho nitro benzene ring substituents is 1. The lowest BCUT2D eigenvalue weighted by Gasteiger charge is -2.23. The van der Waals surface area contributed by atoms with E-state index in [2.05, 4.69) is 0 Å². The molecule has 3 aromatic carbocycles. The van der Waals surface area contributed by atoms with Crippen molar-refractivity contribution in [1.82, 2.24) is 4.90 Å². The van der Waals surface area contributed by atoms with Gasteiger partial charge in [-0.3, -0.25) is 14.9 Å². The first kappa shape index (κ1) is 27.6. The van der Waals surface area contributed by atoms with Gasteiger partial charge in [-0.25, -0.2) is 0 Å². The van der Waals surface area contributed by atoms with Gasteiger partial charge in [-0.05, 0) is 42.0 Å². The number of benzene rings is 3. The number of halogens is 3. The smallest absolute Gasteiger partial charge is 0.383 e. The molecule has 196 valence electrons. The predicted octanol–water partition coefficient (Wildman–Crippen LogP) is 4.67. The molecule has 0 radical (unpaired) electrons. The maximum absolute atomic E-state index is 13.1. The Morgan fingerprint density at radius 2 is 1.73 bits per heavy atom. The molecule has 37 heavy (non-hydrogen) atoms. The zero-order valence-electron chi connectivity index (χ0n) is 19.3. The Labute approximate surface area is 210 Å². The molecule has 0 aliphatic heterocycles. The molecule has 0 unspecified atom stereocenters. The number of carbonyl (C=O) groups excluding carboxylic acids is 1. The lowest BCUT2D eigenvalue weighted by molar-refractivity contribution is -0.384. The molecule has 0 fully saturated rings. The Bertz CT molecular complexity index is 1390. The largest absolute Gasteiger partial charge is 0.416 e. The summed E-state index contributed by atoms with van der Waals surface area (Å²) < 4.78 is 74.3. The highest BCUT2D eigenvalue weighted by Gasteiger charge is 2.32. The predicted molar refractivity (Wildman–Crippen MR) is 125 cm³/mol. The summed E-state index contributed by atoms with van der Waals surface area (Å²) in [5.41, 5.74) is -0.886. The number of nitro groups is 1. The third kappa shape index (κ3) is 7.27. The van der Waals surface area contributed by atoms with Gasteiger partial charge in [0, 0.05) is 37.9 Å². The first-order valence-corrected chi connectivity index (χ1v) is 12.0. The third-order valence-electron chi connectivity index (χ3n) is 5.08. The van der Waals surface area contributed by atoms with Gasteiger partial charge in [-0.15, -0.1) is 0 Å². The molecule has 0 aliphatic rings. The van der Waals surface area contributed by atoms with E-state index in [-0.39, 0.29) is 36.7 Å². The Balaban J connectivity index is 1.84. The minimum atomic E-state index is -4.73. The van der Waals surface area contributed by atoms with Gasteiger partial charge in [0.15, 0.2) is 0 Å². The molecule has 0 aliphatic carbocycles. The first-order valence-electron chi connectivity index (χ1n) is 10.6. The van der Waals surface area contributed by atoms with Gasteiger partial charge in [0.05, 0.1) is 17.1 Å². The number of methoxy groups -OCH3 is 1. The number of amides is 1. The van der Waals surface area contributed by atoms with Crippen LogP contribution in [0, 0.1) is 10.1 Å². The number of nitro benzene ring substituents is 1. The van der Waals surface area contributed by atoms with Gasteiger partial charge < -0.3 is 13.8 Å². The second kappa shape index (κ2) is 11.4. The SMILES string of the molecule is COCCN(Cc1cccc(OS(=O)(=O)c2cccc(C(F)(F)F)c2)c1)C(=O)c1cccc([N+](=O)[O-])c1. The van der Waals surface area contributed by atoms with E-state index >= 15 is 0 Å². The molecule has 9 nitrogen and oxygen atoms in total. The van der Waals surface area contributed by atoms with E-state index in [0.717, 1.165) is 24.3 Å². The summed E-state index contributed by atoms with van der Waals surface area (Å²) in [4.78, 5) is 24.2. The van der Waals surface area contributed by atoms with Crippen molar-refractivity contribution in [3.8, 4) is 5.75 Å². The lowest BCUT2D eigenvalue weighted by atomic mass is 10.1. The van der Waals surface area contributed by atoms with E-state index in [9.17, 15) is 36.5 Å². The molecule has 0 bridgehead atoms. The second-order valence-electron chi connectivity index (χ2n) is 7.74. The van der Waals surface area contributed by atoms with E-state index in [0.29, 0.717) is 11.6 Å². The topological polar surface area (TPSA) is 116 Å². The molecule has 0 saturated heterocycles. The average Bonchev–Trinajstić information content (AvgIpc) is 2.85. The standard InChI is InChI=1S/C24H21F3N2O7S/c1-35-12-11-28(23(30)18-6-3-8-20(14-18)29(31)32)16-17-5-2-9-21(13-17)36-37(33,34)22-10-4-7-19(15-22)24(25,26)27/h2-10,13-15H,11-12,16H2,1H3. The number of hydrogen-bond acceptors (Lipinski definition) is 7. The molecule has 0 aromatic heterocycles. The lowest BCUT2D eigenvalue weighted by Crippen LogP contribution is -2.33. The fourth-order valence-electron chi connectivity index (χ4n) is 3.31. The molecule has 0 heterocycles. The number of carbonyl (C=O) groups is 1. The van der Waals surface area contributed by atoms with Crippen LogP contribution >= 0.6 is 0 Å². The maximum Gasteiger partial charge on any atom is 0.416 e. The fraction of sp³-hybridized carbons (Fsp3) is 0.208. The molecule has 1 amide bonds. The summed E-state index contributed by atoms with van der Waals surface area (Å²) in [7, 11) is -3.16. The Hall–Kier alpha value is -3.97. The zero-order chi connectivity index (χ0) is 27.2. The number of nitrogens with zero attached hydrogens (tertiary/aromatic N) is 2. The van der Waals surface area contributed by atoms with Crippen LogP contribution in [0.25, 0.3) is 0 Å². The van der Waals surface area contributed by atoms with Crippen molar-refractivity contribution in [2.75, 3.05) is 20.3 Å². The molecule has 3 aromatic rings. The van der Waals surface area contributed by atoms with Crippen LogP contribution < -0.4 is 4.18 Å². The van der Waals surface area contributed by atoms with Crippen LogP contribution in [-0.2, 0) is 27.6 Å². The summed E-state index contributed by atoms with van der Waals surface area (Å²) in [6, 6.07) is 14.0. The van der Waals surface area contributed by atoms with Crippen LogP contribution in [0.2, 0.25) is 0 Å². The Morgan fingerprint density at radius 1 is 1.03 bits per heavy atom. The van der Waals surface area contributed by atoms with Crippen LogP contribution in [0.1, 0.15) is 21.5 Å². The highest BCUT2D eigenvalue weighted by atomic mass is 32.2. The molecule has 0 spiro atoms. The summed E-state index contributed by atoms with van der Waals surface area (Å²) >= 11 is 0. The van der Waals surface area contributed by atoms with Gasteiger partial charge in [-0.1, -0.05) is 24.3 Å². The zero-order valence-corrected chi connectivity index (χ0v) is 20.2. The van der Waals surface area contributed by atoms with Crippen LogP contribution in [-0.4, -0.2) is 44.4 Å². The Morgan fingerprint density at radius 3 is 2.41 bits per heavy atom. The molecule has 13 heteroatoms. The minimum Gasteiger partial charge on any atom is -0.383 e. The summed E-state index contributed by atoms with van der Waals surface area (Å²) in [6.07, 6.45) is -4.73. The van der Waals surface area contributed by atoms with Crippen LogP contribution in [0.5, 0.6) is 5.75 Å². The molecule has 0 saturated carbocycles. The maximum atomic E-state index is 13.1. The van der Waals surface area contributed by atoms with Crippen molar-refractivity contribution in [3.05, 3.63) is 99.6 Å². The third-order valence-corrected chi connectivity index (χ3v) is 6.33. The second-order valence-corrected chi connectivity index (χ2v) is 9.28. The van der Waals surface area contributed by atoms with Crippen molar-refractivity contribution in [2.45, 2.75) is 17.6 Å². The quantitative estimate of drug-likeness (QED) is 0.209. The minimum absolute atomic E-state index is 0.0360. The highest BCUT2D eigenvalue weighted by Crippen LogP contribution is 2.31. The molecule has 0 N–H and O–H groups in total. The van der Waals surface area contributed by atoms with Crippen LogP contribution in [0.4, 0.5) is 18.9 Å². The van der Waals surface area contributed by atoms with Gasteiger partial charge in [-0.2, -0.15) is 21.6 Å². The van der Waals surface area contributed by atoms with Crippen molar-refractivity contribution >= 4 is 21.7 Å². The van der Waals surface area contributed by atoms with Crippen molar-refractivity contribution in [3.63, 3.8) is 0 Å². The van der Waals surface area contributed by atoms with E-state index in [1.807, 2.05) is 0 Å².